The summed E-state index contributed by atoms with van der Waals surface area (Å²) in [5.74, 6) is -0.0000242. The third-order valence-corrected chi connectivity index (χ3v) is 6.74. The highest BCUT2D eigenvalue weighted by molar-refractivity contribution is 5.76. The SMILES string of the molecule is CCCCCCCCC(CC)(CCCCCCCC)C(=O)OCCOCCCOCCOCC. The molecule has 34 heavy (non-hydrogen) atoms. The fourth-order valence-electron chi connectivity index (χ4n) is 4.39. The van der Waals surface area contributed by atoms with Crippen LogP contribution in [0.15, 0.2) is 0 Å². The maximum Gasteiger partial charge on any atom is 0.312 e. The Balaban J connectivity index is 4.30. The lowest BCUT2D eigenvalue weighted by atomic mass is 9.75. The Morgan fingerprint density at radius 1 is 0.529 bits per heavy atom. The molecular formula is C29H58O5. The summed E-state index contributed by atoms with van der Waals surface area (Å²) in [5.41, 5.74) is -0.316. The Morgan fingerprint density at radius 2 is 1.00 bits per heavy atom. The molecule has 0 aromatic heterocycles. The summed E-state index contributed by atoms with van der Waals surface area (Å²) in [6, 6.07) is 0. The van der Waals surface area contributed by atoms with Gasteiger partial charge >= 0.3 is 5.97 Å². The van der Waals surface area contributed by atoms with Crippen molar-refractivity contribution < 1.29 is 23.7 Å². The molecule has 0 aliphatic carbocycles. The minimum Gasteiger partial charge on any atom is -0.463 e. The fourth-order valence-corrected chi connectivity index (χ4v) is 4.39. The molecule has 0 saturated heterocycles. The zero-order chi connectivity index (χ0) is 25.2. The van der Waals surface area contributed by atoms with Crippen molar-refractivity contribution in [2.45, 2.75) is 130 Å². The molecule has 0 unspecified atom stereocenters. The Bertz CT molecular complexity index is 411. The van der Waals surface area contributed by atoms with Gasteiger partial charge in [0, 0.05) is 19.8 Å². The van der Waals surface area contributed by atoms with Crippen LogP contribution in [0.25, 0.3) is 0 Å². The maximum absolute atomic E-state index is 13.2. The summed E-state index contributed by atoms with van der Waals surface area (Å²) >= 11 is 0. The molecule has 5 nitrogen and oxygen atoms in total. The molecule has 5 heteroatoms. The smallest absolute Gasteiger partial charge is 0.312 e. The van der Waals surface area contributed by atoms with Crippen LogP contribution in [0, 0.1) is 5.41 Å². The molecule has 0 spiro atoms. The number of ether oxygens (including phenoxy) is 4. The first-order chi connectivity index (χ1) is 16.7. The van der Waals surface area contributed by atoms with E-state index in [9.17, 15) is 4.79 Å². The molecule has 0 aromatic rings. The van der Waals surface area contributed by atoms with Crippen molar-refractivity contribution in [3.63, 3.8) is 0 Å². The first-order valence-electron chi connectivity index (χ1n) is 14.6. The molecule has 0 amide bonds. The van der Waals surface area contributed by atoms with E-state index in [1.807, 2.05) is 6.92 Å². The van der Waals surface area contributed by atoms with Gasteiger partial charge in [-0.15, -0.1) is 0 Å². The second-order valence-electron chi connectivity index (χ2n) is 9.58. The van der Waals surface area contributed by atoms with E-state index in [4.69, 9.17) is 18.9 Å². The first-order valence-corrected chi connectivity index (χ1v) is 14.6. The van der Waals surface area contributed by atoms with Crippen LogP contribution >= 0.6 is 0 Å². The van der Waals surface area contributed by atoms with Gasteiger partial charge in [-0.25, -0.2) is 0 Å². The molecule has 204 valence electrons. The fraction of sp³-hybridized carbons (Fsp3) is 0.966. The summed E-state index contributed by atoms with van der Waals surface area (Å²) in [6.45, 7) is 12.7. The van der Waals surface area contributed by atoms with Crippen molar-refractivity contribution in [3.05, 3.63) is 0 Å². The molecule has 0 atom stereocenters. The van der Waals surface area contributed by atoms with Crippen LogP contribution < -0.4 is 0 Å². The van der Waals surface area contributed by atoms with Crippen LogP contribution in [-0.4, -0.2) is 52.2 Å². The van der Waals surface area contributed by atoms with Crippen molar-refractivity contribution in [1.82, 2.24) is 0 Å². The van der Waals surface area contributed by atoms with Gasteiger partial charge < -0.3 is 18.9 Å². The minimum absolute atomic E-state index is 0.0000242. The van der Waals surface area contributed by atoms with E-state index in [2.05, 4.69) is 20.8 Å². The van der Waals surface area contributed by atoms with Gasteiger partial charge in [0.25, 0.3) is 0 Å². The van der Waals surface area contributed by atoms with Crippen molar-refractivity contribution >= 4 is 5.97 Å². The molecule has 0 aliphatic rings. The van der Waals surface area contributed by atoms with Crippen LogP contribution in [-0.2, 0) is 23.7 Å². The number of esters is 1. The highest BCUT2D eigenvalue weighted by Crippen LogP contribution is 2.37. The number of rotatable bonds is 27. The summed E-state index contributed by atoms with van der Waals surface area (Å²) in [6.07, 6.45) is 18.7. The van der Waals surface area contributed by atoms with Gasteiger partial charge in [0.1, 0.15) is 6.61 Å². The van der Waals surface area contributed by atoms with Crippen molar-refractivity contribution in [2.24, 2.45) is 5.41 Å². The van der Waals surface area contributed by atoms with Crippen molar-refractivity contribution in [3.8, 4) is 0 Å². The van der Waals surface area contributed by atoms with Gasteiger partial charge in [-0.05, 0) is 32.6 Å². The predicted molar refractivity (Wildman–Crippen MR) is 142 cm³/mol. The zero-order valence-electron chi connectivity index (χ0n) is 23.3. The van der Waals surface area contributed by atoms with E-state index in [1.165, 1.54) is 64.2 Å². The lowest BCUT2D eigenvalue weighted by molar-refractivity contribution is -0.159. The average Bonchev–Trinajstić information content (AvgIpc) is 2.85. The highest BCUT2D eigenvalue weighted by Gasteiger charge is 2.37. The van der Waals surface area contributed by atoms with Gasteiger partial charge in [0.15, 0.2) is 0 Å². The summed E-state index contributed by atoms with van der Waals surface area (Å²) < 4.78 is 22.1. The summed E-state index contributed by atoms with van der Waals surface area (Å²) in [7, 11) is 0. The molecule has 0 heterocycles. The first kappa shape index (κ1) is 33.4. The minimum atomic E-state index is -0.316. The largest absolute Gasteiger partial charge is 0.463 e. The maximum atomic E-state index is 13.2. The molecule has 0 rings (SSSR count). The van der Waals surface area contributed by atoms with E-state index in [1.54, 1.807) is 0 Å². The number of hydrogen-bond donors (Lipinski definition) is 0. The number of carbonyl (C=O) groups is 1. The normalized spacial score (nSPS) is 11.8. The van der Waals surface area contributed by atoms with Gasteiger partial charge in [0.2, 0.25) is 0 Å². The molecule has 0 aromatic carbocycles. The van der Waals surface area contributed by atoms with E-state index in [0.717, 1.165) is 45.1 Å². The lowest BCUT2D eigenvalue weighted by Gasteiger charge is -2.31. The van der Waals surface area contributed by atoms with E-state index >= 15 is 0 Å². The summed E-state index contributed by atoms with van der Waals surface area (Å²) in [4.78, 5) is 13.2. The topological polar surface area (TPSA) is 54.0 Å². The quantitative estimate of drug-likeness (QED) is 0.0872. The van der Waals surface area contributed by atoms with Crippen molar-refractivity contribution in [1.29, 1.82) is 0 Å². The van der Waals surface area contributed by atoms with Crippen LogP contribution in [0.5, 0.6) is 0 Å². The Hall–Kier alpha value is -0.650. The number of carbonyl (C=O) groups excluding carboxylic acids is 1. The van der Waals surface area contributed by atoms with E-state index in [0.29, 0.717) is 39.6 Å². The second-order valence-corrected chi connectivity index (χ2v) is 9.58. The van der Waals surface area contributed by atoms with Crippen LogP contribution in [0.1, 0.15) is 130 Å². The molecule has 0 bridgehead atoms. The monoisotopic (exact) mass is 486 g/mol. The number of unbranched alkanes of at least 4 members (excludes halogenated alkanes) is 10. The Morgan fingerprint density at radius 3 is 1.50 bits per heavy atom. The third kappa shape index (κ3) is 18.6. The van der Waals surface area contributed by atoms with Gasteiger partial charge in [-0.2, -0.15) is 0 Å². The van der Waals surface area contributed by atoms with Crippen molar-refractivity contribution in [2.75, 3.05) is 46.2 Å². The van der Waals surface area contributed by atoms with Crippen LogP contribution in [0.2, 0.25) is 0 Å². The van der Waals surface area contributed by atoms with Crippen LogP contribution in [0.3, 0.4) is 0 Å². The Kier molecular flexibility index (Phi) is 25.0. The van der Waals surface area contributed by atoms with Gasteiger partial charge in [-0.3, -0.25) is 4.79 Å². The predicted octanol–water partition coefficient (Wildman–Crippen LogP) is 7.89. The molecule has 0 radical (unpaired) electrons. The molecule has 0 aliphatic heterocycles. The standard InChI is InChI=1S/C29H58O5/c1-5-9-11-13-15-17-20-29(7-3,21-18-16-14-12-10-6-2)28(30)34-27-26-33-23-19-22-32-25-24-31-8-4/h5-27H2,1-4H3. The molecule has 0 N–H and O–H groups in total. The number of hydrogen-bond acceptors (Lipinski definition) is 5. The molecular weight excluding hydrogens is 428 g/mol. The van der Waals surface area contributed by atoms with Crippen LogP contribution in [0.4, 0.5) is 0 Å². The zero-order valence-corrected chi connectivity index (χ0v) is 23.3. The van der Waals surface area contributed by atoms with E-state index in [-0.39, 0.29) is 11.4 Å². The summed E-state index contributed by atoms with van der Waals surface area (Å²) in [5, 5.41) is 0. The highest BCUT2D eigenvalue weighted by atomic mass is 16.6. The molecule has 0 fully saturated rings. The second kappa shape index (κ2) is 25.4. The third-order valence-electron chi connectivity index (χ3n) is 6.74. The van der Waals surface area contributed by atoms with Gasteiger partial charge in [0.05, 0.1) is 25.2 Å². The average molecular weight is 487 g/mol. The van der Waals surface area contributed by atoms with E-state index < -0.39 is 0 Å². The Labute approximate surface area is 212 Å². The van der Waals surface area contributed by atoms with Gasteiger partial charge in [-0.1, -0.05) is 97.8 Å². The lowest BCUT2D eigenvalue weighted by Crippen LogP contribution is -2.33. The molecule has 0 saturated carbocycles.